The molecule has 6 rings (SSSR count). The Balaban J connectivity index is 0.00000384. The number of aromatic nitrogens is 1. The normalized spacial score (nSPS) is 15.2. The van der Waals surface area contributed by atoms with Crippen molar-refractivity contribution in [1.82, 2.24) is 10.3 Å². The van der Waals surface area contributed by atoms with E-state index in [4.69, 9.17) is 4.42 Å². The van der Waals surface area contributed by atoms with E-state index >= 15 is 0 Å². The van der Waals surface area contributed by atoms with Crippen LogP contribution in [0, 0.1) is 17.1 Å². The molecule has 0 bridgehead atoms. The molecule has 228 valence electrons. The number of carbonyl (C=O) groups is 1. The van der Waals surface area contributed by atoms with Gasteiger partial charge in [-0.2, -0.15) is 18.8 Å². The highest BCUT2D eigenvalue weighted by Crippen LogP contribution is 2.42. The number of hydrogen-bond donors (Lipinski definition) is 2. The van der Waals surface area contributed by atoms with Crippen molar-refractivity contribution in [2.75, 3.05) is 42.6 Å². The molecule has 3 aromatic carbocycles. The number of fused-ring (bicyclic) bond motifs is 2. The molecule has 1 atom stereocenters. The van der Waals surface area contributed by atoms with Gasteiger partial charge in [0.1, 0.15) is 29.0 Å². The van der Waals surface area contributed by atoms with Gasteiger partial charge in [0.15, 0.2) is 0 Å². The number of benzene rings is 3. The van der Waals surface area contributed by atoms with E-state index in [2.05, 4.69) is 21.3 Å². The minimum absolute atomic E-state index is 0. The Bertz CT molecular complexity index is 2030. The zero-order valence-corrected chi connectivity index (χ0v) is 26.3. The number of para-hydroxylation sites is 1. The number of halogens is 1. The molecule has 1 saturated heterocycles. The lowest BCUT2D eigenvalue weighted by molar-refractivity contribution is 0.0964. The Kier molecular flexibility index (Phi) is 8.38. The van der Waals surface area contributed by atoms with Crippen molar-refractivity contribution in [2.45, 2.75) is 18.8 Å². The molecule has 0 radical (unpaired) electrons. The van der Waals surface area contributed by atoms with Gasteiger partial charge in [0.05, 0.1) is 28.6 Å². The largest absolute Gasteiger partial charge is 0.455 e. The van der Waals surface area contributed by atoms with Crippen molar-refractivity contribution in [1.29, 1.82) is 5.26 Å². The highest BCUT2D eigenvalue weighted by Gasteiger charge is 2.30. The molecule has 9 nitrogen and oxygen atoms in total. The van der Waals surface area contributed by atoms with Crippen LogP contribution >= 0.6 is 13.5 Å². The van der Waals surface area contributed by atoms with Crippen LogP contribution in [0.4, 0.5) is 15.9 Å². The molecule has 12 heteroatoms. The molecular weight excluding hydrogens is 602 g/mol. The predicted molar refractivity (Wildman–Crippen MR) is 176 cm³/mol. The van der Waals surface area contributed by atoms with Gasteiger partial charge in [-0.05, 0) is 60.9 Å². The van der Waals surface area contributed by atoms with Gasteiger partial charge >= 0.3 is 0 Å². The SMILES string of the molecule is CNC(=O)c1c(-c2ccc(F)cc2)oc2cc(N(C)S(C)(=O)=O)c([C@@H]3CCCN(c4cc5cccc(C#N)c5[nH]4)C3)cc12.S. The van der Waals surface area contributed by atoms with Gasteiger partial charge in [0.25, 0.3) is 5.91 Å². The van der Waals surface area contributed by atoms with Gasteiger partial charge < -0.3 is 19.6 Å². The van der Waals surface area contributed by atoms with E-state index in [0.717, 1.165) is 47.9 Å². The molecule has 1 aliphatic rings. The molecular formula is C32H32FN5O4S2. The van der Waals surface area contributed by atoms with Crippen molar-refractivity contribution in [3.8, 4) is 17.4 Å². The molecule has 0 unspecified atom stereocenters. The summed E-state index contributed by atoms with van der Waals surface area (Å²) in [4.78, 5) is 18.8. The van der Waals surface area contributed by atoms with E-state index in [9.17, 15) is 22.9 Å². The first-order valence-electron chi connectivity index (χ1n) is 13.9. The summed E-state index contributed by atoms with van der Waals surface area (Å²) in [5, 5.41) is 13.7. The van der Waals surface area contributed by atoms with Crippen LogP contribution in [0.5, 0.6) is 0 Å². The second kappa shape index (κ2) is 11.9. The monoisotopic (exact) mass is 633 g/mol. The van der Waals surface area contributed by atoms with Crippen LogP contribution in [-0.4, -0.2) is 52.7 Å². The predicted octanol–water partition coefficient (Wildman–Crippen LogP) is 5.84. The number of nitrogens with zero attached hydrogens (tertiary/aromatic N) is 3. The van der Waals surface area contributed by atoms with Crippen LogP contribution in [0.2, 0.25) is 0 Å². The lowest BCUT2D eigenvalue weighted by Crippen LogP contribution is -2.35. The van der Waals surface area contributed by atoms with E-state index in [1.165, 1.54) is 30.5 Å². The van der Waals surface area contributed by atoms with Crippen LogP contribution in [0.1, 0.15) is 40.2 Å². The topological polar surface area (TPSA) is 122 Å². The molecule has 3 heterocycles. The fourth-order valence-electron chi connectivity index (χ4n) is 5.94. The summed E-state index contributed by atoms with van der Waals surface area (Å²) in [6, 6.07) is 19.1. The van der Waals surface area contributed by atoms with Crippen LogP contribution in [0.3, 0.4) is 0 Å². The number of sulfonamides is 1. The minimum atomic E-state index is -3.64. The summed E-state index contributed by atoms with van der Waals surface area (Å²) >= 11 is 0. The fraction of sp³-hybridized carbons (Fsp3) is 0.250. The smallest absolute Gasteiger partial charge is 0.255 e. The molecule has 0 aliphatic carbocycles. The van der Waals surface area contributed by atoms with E-state index in [-0.39, 0.29) is 31.1 Å². The molecule has 2 aromatic heterocycles. The number of hydrogen-bond acceptors (Lipinski definition) is 6. The molecule has 1 aliphatic heterocycles. The zero-order valence-electron chi connectivity index (χ0n) is 24.4. The first-order chi connectivity index (χ1) is 20.6. The number of rotatable bonds is 6. The summed E-state index contributed by atoms with van der Waals surface area (Å²) in [6.45, 7) is 1.37. The number of carbonyl (C=O) groups excluding carboxylic acids is 1. The number of aromatic amines is 1. The van der Waals surface area contributed by atoms with Crippen molar-refractivity contribution in [2.24, 2.45) is 0 Å². The highest BCUT2D eigenvalue weighted by atomic mass is 32.2. The first-order valence-corrected chi connectivity index (χ1v) is 15.7. The maximum atomic E-state index is 13.7. The third-order valence-corrected chi connectivity index (χ3v) is 9.39. The Morgan fingerprint density at radius 3 is 2.61 bits per heavy atom. The summed E-state index contributed by atoms with van der Waals surface area (Å²) in [5.41, 5.74) is 3.76. The number of nitrogens with one attached hydrogen (secondary N) is 2. The summed E-state index contributed by atoms with van der Waals surface area (Å²) in [5.74, 6) is 0.290. The van der Waals surface area contributed by atoms with Gasteiger partial charge in [-0.1, -0.05) is 12.1 Å². The molecule has 1 amide bonds. The molecule has 0 spiro atoms. The minimum Gasteiger partial charge on any atom is -0.455 e. The Morgan fingerprint density at radius 2 is 1.93 bits per heavy atom. The number of amides is 1. The molecule has 2 N–H and O–H groups in total. The molecule has 0 saturated carbocycles. The summed E-state index contributed by atoms with van der Waals surface area (Å²) in [6.07, 6.45) is 2.79. The van der Waals surface area contributed by atoms with Gasteiger partial charge in [-0.15, -0.1) is 0 Å². The van der Waals surface area contributed by atoms with E-state index < -0.39 is 15.8 Å². The van der Waals surface area contributed by atoms with Crippen LogP contribution in [0.15, 0.2) is 65.1 Å². The average molecular weight is 634 g/mol. The van der Waals surface area contributed by atoms with Gasteiger partial charge in [-0.25, -0.2) is 12.8 Å². The van der Waals surface area contributed by atoms with E-state index in [0.29, 0.717) is 39.9 Å². The van der Waals surface area contributed by atoms with Crippen LogP contribution in [0.25, 0.3) is 33.2 Å². The Morgan fingerprint density at radius 1 is 1.18 bits per heavy atom. The first kappa shape index (κ1) is 31.0. The second-order valence-corrected chi connectivity index (χ2v) is 12.9. The van der Waals surface area contributed by atoms with Gasteiger partial charge in [0, 0.05) is 55.5 Å². The lowest BCUT2D eigenvalue weighted by atomic mass is 9.88. The van der Waals surface area contributed by atoms with Crippen molar-refractivity contribution in [3.63, 3.8) is 0 Å². The fourth-order valence-corrected chi connectivity index (χ4v) is 6.45. The van der Waals surface area contributed by atoms with Crippen LogP contribution in [-0.2, 0) is 10.0 Å². The quantitative estimate of drug-likeness (QED) is 0.242. The molecule has 5 aromatic rings. The lowest BCUT2D eigenvalue weighted by Gasteiger charge is -2.35. The van der Waals surface area contributed by atoms with Crippen LogP contribution < -0.4 is 14.5 Å². The van der Waals surface area contributed by atoms with Gasteiger partial charge in [-0.3, -0.25) is 9.10 Å². The number of piperidine rings is 1. The summed E-state index contributed by atoms with van der Waals surface area (Å²) < 4.78 is 46.7. The Labute approximate surface area is 261 Å². The zero-order chi connectivity index (χ0) is 30.5. The number of nitriles is 1. The number of furan rings is 1. The number of anilines is 2. The second-order valence-electron chi connectivity index (χ2n) is 10.9. The maximum Gasteiger partial charge on any atom is 0.255 e. The average Bonchev–Trinajstić information content (AvgIpc) is 3.61. The number of H-pyrrole nitrogens is 1. The summed E-state index contributed by atoms with van der Waals surface area (Å²) in [7, 11) is -0.605. The van der Waals surface area contributed by atoms with Crippen molar-refractivity contribution in [3.05, 3.63) is 83.2 Å². The third-order valence-electron chi connectivity index (χ3n) is 8.20. The van der Waals surface area contributed by atoms with Crippen molar-refractivity contribution >= 4 is 62.8 Å². The van der Waals surface area contributed by atoms with Gasteiger partial charge in [0.2, 0.25) is 10.0 Å². The Hall–Kier alpha value is -4.47. The maximum absolute atomic E-state index is 13.7. The van der Waals surface area contributed by atoms with E-state index in [1.54, 1.807) is 24.3 Å². The van der Waals surface area contributed by atoms with Crippen molar-refractivity contribution < 1.29 is 22.0 Å². The standard InChI is InChI=1S/C32H30FN5O4S.H2S/c1-35-32(39)29-25-15-24(22-8-5-13-38(18-22)28-14-20-6-4-7-21(17-34)30(20)36-28)26(37(2)43(3,40)41)16-27(25)42-31(29)19-9-11-23(33)12-10-19;/h4,6-7,9-12,14-16,22,36H,5,8,13,18H2,1-3H3,(H,35,39);1H2/t22-;/m1./s1. The molecule has 1 fully saturated rings. The van der Waals surface area contributed by atoms with E-state index in [1.807, 2.05) is 24.3 Å². The molecule has 44 heavy (non-hydrogen) atoms. The highest BCUT2D eigenvalue weighted by molar-refractivity contribution is 7.92. The third kappa shape index (κ3) is 5.49.